The normalized spacial score (nSPS) is 19.3. The van der Waals surface area contributed by atoms with Gasteiger partial charge in [0, 0.05) is 42.1 Å². The Labute approximate surface area is 195 Å². The molecule has 0 bridgehead atoms. The third-order valence-corrected chi connectivity index (χ3v) is 8.02. The Morgan fingerprint density at radius 2 is 2.00 bits per heavy atom. The van der Waals surface area contributed by atoms with Crippen molar-refractivity contribution in [1.82, 2.24) is 19.9 Å². The number of aliphatic hydroxyl groups is 1. The van der Waals surface area contributed by atoms with Crippen LogP contribution in [0.2, 0.25) is 5.02 Å². The van der Waals surface area contributed by atoms with E-state index in [0.29, 0.717) is 21.6 Å². The second kappa shape index (κ2) is 8.47. The van der Waals surface area contributed by atoms with E-state index in [0.717, 1.165) is 42.9 Å². The van der Waals surface area contributed by atoms with Gasteiger partial charge in [0.1, 0.15) is 16.5 Å². The number of fused-ring (bicyclic) bond motifs is 1. The van der Waals surface area contributed by atoms with Crippen molar-refractivity contribution in [3.05, 3.63) is 58.8 Å². The van der Waals surface area contributed by atoms with E-state index in [-0.39, 0.29) is 23.9 Å². The van der Waals surface area contributed by atoms with Crippen LogP contribution < -0.4 is 16.4 Å². The maximum atomic E-state index is 9.98. The number of hydrogen-bond donors (Lipinski definition) is 3. The lowest BCUT2D eigenvalue weighted by Gasteiger charge is -2.42. The minimum atomic E-state index is -0.195. The Bertz CT molecular complexity index is 1150. The van der Waals surface area contributed by atoms with Gasteiger partial charge >= 0.3 is 0 Å². The number of nitrogens with zero attached hydrogens (tertiary/aromatic N) is 5. The van der Waals surface area contributed by atoms with Gasteiger partial charge in [-0.15, -0.1) is 0 Å². The van der Waals surface area contributed by atoms with Crippen molar-refractivity contribution in [3.8, 4) is 0 Å². The van der Waals surface area contributed by atoms with Crippen LogP contribution >= 0.6 is 23.4 Å². The molecule has 1 saturated heterocycles. The maximum Gasteiger partial charge on any atom is 0.152 e. The lowest BCUT2D eigenvalue weighted by molar-refractivity contribution is 0.186. The first-order valence-corrected chi connectivity index (χ1v) is 11.7. The van der Waals surface area contributed by atoms with Gasteiger partial charge in [0.25, 0.3) is 0 Å². The maximum absolute atomic E-state index is 9.98. The second-order valence-corrected chi connectivity index (χ2v) is 9.73. The molecule has 3 aromatic heterocycles. The highest BCUT2D eigenvalue weighted by Gasteiger charge is 2.46. The van der Waals surface area contributed by atoms with Gasteiger partial charge in [0.15, 0.2) is 5.82 Å². The average Bonchev–Trinajstić information content (AvgIpc) is 3.09. The predicted molar refractivity (Wildman–Crippen MR) is 124 cm³/mol. The Morgan fingerprint density at radius 3 is 2.75 bits per heavy atom. The van der Waals surface area contributed by atoms with Gasteiger partial charge < -0.3 is 21.5 Å². The highest BCUT2D eigenvalue weighted by molar-refractivity contribution is 7.99. The standard InChI is InChI=1S/C22H24ClN7OS/c23-18-16(3-7-27-20(18)25)32-17-11-28-21(15(12-31)29-17)30-8-4-22(5-9-30)10-14-13(19(22)24)2-1-6-26-14/h1-3,6-7,11,19,31H,4-5,8-10,12,24H2,(H2,25,27)/t19-/m1/s1. The van der Waals surface area contributed by atoms with Gasteiger partial charge in [-0.3, -0.25) is 4.98 Å². The number of rotatable bonds is 4. The van der Waals surface area contributed by atoms with E-state index in [2.05, 4.69) is 30.9 Å². The van der Waals surface area contributed by atoms with E-state index in [9.17, 15) is 5.11 Å². The van der Waals surface area contributed by atoms with Crippen LogP contribution in [0.3, 0.4) is 0 Å². The molecule has 1 atom stereocenters. The van der Waals surface area contributed by atoms with Crippen LogP contribution in [0.1, 0.15) is 35.8 Å². The van der Waals surface area contributed by atoms with Gasteiger partial charge in [-0.25, -0.2) is 15.0 Å². The molecule has 0 unspecified atom stereocenters. The summed E-state index contributed by atoms with van der Waals surface area (Å²) in [4.78, 5) is 20.7. The Morgan fingerprint density at radius 1 is 1.19 bits per heavy atom. The molecule has 4 heterocycles. The van der Waals surface area contributed by atoms with Gasteiger partial charge in [-0.05, 0) is 42.4 Å². The smallest absolute Gasteiger partial charge is 0.152 e. The Kier molecular flexibility index (Phi) is 5.66. The first-order chi connectivity index (χ1) is 15.5. The van der Waals surface area contributed by atoms with E-state index in [1.165, 1.54) is 17.3 Å². The molecule has 5 rings (SSSR count). The van der Waals surface area contributed by atoms with Crippen LogP contribution in [0.5, 0.6) is 0 Å². The summed E-state index contributed by atoms with van der Waals surface area (Å²) in [6.07, 6.45) is 7.96. The quantitative estimate of drug-likeness (QED) is 0.528. The van der Waals surface area contributed by atoms with Crippen molar-refractivity contribution in [2.75, 3.05) is 23.7 Å². The molecule has 8 nitrogen and oxygen atoms in total. The van der Waals surface area contributed by atoms with Crippen molar-refractivity contribution in [3.63, 3.8) is 0 Å². The molecule has 166 valence electrons. The third-order valence-electron chi connectivity index (χ3n) is 6.54. The van der Waals surface area contributed by atoms with E-state index in [4.69, 9.17) is 23.1 Å². The largest absolute Gasteiger partial charge is 0.390 e. The Hall–Kier alpha value is -2.46. The summed E-state index contributed by atoms with van der Waals surface area (Å²) in [5.41, 5.74) is 15.3. The number of piperidine rings is 1. The van der Waals surface area contributed by atoms with E-state index < -0.39 is 0 Å². The summed E-state index contributed by atoms with van der Waals surface area (Å²) in [5, 5.41) is 11.0. The highest BCUT2D eigenvalue weighted by atomic mass is 35.5. The number of hydrogen-bond acceptors (Lipinski definition) is 9. The lowest BCUT2D eigenvalue weighted by Crippen LogP contribution is -2.45. The summed E-state index contributed by atoms with van der Waals surface area (Å²) >= 11 is 7.59. The molecule has 3 aromatic rings. The summed E-state index contributed by atoms with van der Waals surface area (Å²) in [7, 11) is 0. The Balaban J connectivity index is 1.32. The van der Waals surface area contributed by atoms with Gasteiger partial charge in [-0.1, -0.05) is 29.4 Å². The fourth-order valence-electron chi connectivity index (χ4n) is 4.76. The topological polar surface area (TPSA) is 127 Å². The average molecular weight is 470 g/mol. The van der Waals surface area contributed by atoms with Gasteiger partial charge in [0.2, 0.25) is 0 Å². The molecule has 10 heteroatoms. The molecule has 0 radical (unpaired) electrons. The molecule has 0 saturated carbocycles. The number of aliphatic hydroxyl groups excluding tert-OH is 1. The number of nitrogens with two attached hydrogens (primary N) is 2. The van der Waals surface area contributed by atoms with Crippen LogP contribution in [0, 0.1) is 5.41 Å². The summed E-state index contributed by atoms with van der Waals surface area (Å²) in [6, 6.07) is 5.85. The minimum Gasteiger partial charge on any atom is -0.390 e. The number of pyridine rings is 2. The molecule has 1 aliphatic carbocycles. The molecule has 1 fully saturated rings. The molecule has 1 aliphatic heterocycles. The van der Waals surface area contributed by atoms with Crippen molar-refractivity contribution >= 4 is 35.0 Å². The minimum absolute atomic E-state index is 0.00747. The molecule has 0 aromatic carbocycles. The van der Waals surface area contributed by atoms with E-state index >= 15 is 0 Å². The fourth-order valence-corrected chi connectivity index (χ4v) is 5.80. The monoisotopic (exact) mass is 469 g/mol. The molecular weight excluding hydrogens is 446 g/mol. The van der Waals surface area contributed by atoms with E-state index in [1.54, 1.807) is 18.5 Å². The molecule has 2 aliphatic rings. The first-order valence-electron chi connectivity index (χ1n) is 10.5. The van der Waals surface area contributed by atoms with Crippen LogP contribution in [-0.4, -0.2) is 38.1 Å². The number of aromatic nitrogens is 4. The second-order valence-electron chi connectivity index (χ2n) is 8.29. The van der Waals surface area contributed by atoms with Crippen molar-refractivity contribution < 1.29 is 5.11 Å². The molecular formula is C22H24ClN7OS. The van der Waals surface area contributed by atoms with Gasteiger partial charge in [0.05, 0.1) is 17.8 Å². The van der Waals surface area contributed by atoms with Crippen LogP contribution in [-0.2, 0) is 13.0 Å². The third kappa shape index (κ3) is 3.69. The van der Waals surface area contributed by atoms with E-state index in [1.807, 2.05) is 12.3 Å². The molecule has 1 spiro atoms. The van der Waals surface area contributed by atoms with Crippen molar-refractivity contribution in [1.29, 1.82) is 0 Å². The summed E-state index contributed by atoms with van der Waals surface area (Å²) < 4.78 is 0. The zero-order chi connectivity index (χ0) is 22.3. The SMILES string of the molecule is Nc1nccc(Sc2cnc(N3CCC4(CC3)Cc3ncccc3[C@H]4N)c(CO)n2)c1Cl. The van der Waals surface area contributed by atoms with Crippen molar-refractivity contribution in [2.45, 2.75) is 41.8 Å². The zero-order valence-corrected chi connectivity index (χ0v) is 19.0. The summed E-state index contributed by atoms with van der Waals surface area (Å²) in [6.45, 7) is 1.42. The first kappa shape index (κ1) is 21.4. The number of nitrogen functional groups attached to an aromatic ring is 1. The lowest BCUT2D eigenvalue weighted by atomic mass is 9.73. The van der Waals surface area contributed by atoms with Crippen LogP contribution in [0.25, 0.3) is 0 Å². The number of anilines is 2. The number of halogens is 1. The van der Waals surface area contributed by atoms with Crippen molar-refractivity contribution in [2.24, 2.45) is 11.1 Å². The van der Waals surface area contributed by atoms with Crippen LogP contribution in [0.4, 0.5) is 11.6 Å². The van der Waals surface area contributed by atoms with Gasteiger partial charge in [-0.2, -0.15) is 0 Å². The predicted octanol–water partition coefficient (Wildman–Crippen LogP) is 2.99. The molecule has 32 heavy (non-hydrogen) atoms. The summed E-state index contributed by atoms with van der Waals surface area (Å²) in [5.74, 6) is 0.989. The van der Waals surface area contributed by atoms with Crippen LogP contribution in [0.15, 0.2) is 46.7 Å². The fraction of sp³-hybridized carbons (Fsp3) is 0.364. The molecule has 0 amide bonds. The zero-order valence-electron chi connectivity index (χ0n) is 17.4. The highest BCUT2D eigenvalue weighted by Crippen LogP contribution is 2.50. The molecule has 5 N–H and O–H groups in total.